The van der Waals surface area contributed by atoms with Crippen LogP contribution in [-0.4, -0.2) is 26.3 Å². The molecule has 0 aliphatic rings. The molecule has 98 valence electrons. The van der Waals surface area contributed by atoms with Crippen molar-refractivity contribution in [3.63, 3.8) is 0 Å². The van der Waals surface area contributed by atoms with Crippen LogP contribution in [-0.2, 0) is 4.74 Å². The monoisotopic (exact) mass is 229 g/mol. The summed E-state index contributed by atoms with van der Waals surface area (Å²) in [4.78, 5) is 0. The molecule has 2 nitrogen and oxygen atoms in total. The number of nitrogens with one attached hydrogen (secondary N) is 1. The standard InChI is InChI=1S/C14H31NO/c1-5-7-10-14(6-2)12-16-13(3)9-8-11-15-4/h13-15H,5-12H2,1-4H3. The fourth-order valence-electron chi connectivity index (χ4n) is 1.85. The Kier molecular flexibility index (Phi) is 11.3. The molecule has 0 radical (unpaired) electrons. The molecule has 0 aromatic carbocycles. The lowest BCUT2D eigenvalue weighted by molar-refractivity contribution is 0.0310. The van der Waals surface area contributed by atoms with Crippen molar-refractivity contribution in [1.29, 1.82) is 0 Å². The number of hydrogen-bond donors (Lipinski definition) is 1. The van der Waals surface area contributed by atoms with Crippen molar-refractivity contribution in [3.8, 4) is 0 Å². The first kappa shape index (κ1) is 15.9. The van der Waals surface area contributed by atoms with Gasteiger partial charge in [0.2, 0.25) is 0 Å². The van der Waals surface area contributed by atoms with Crippen LogP contribution in [0.2, 0.25) is 0 Å². The van der Waals surface area contributed by atoms with Crippen LogP contribution in [0.15, 0.2) is 0 Å². The molecule has 0 bridgehead atoms. The summed E-state index contributed by atoms with van der Waals surface area (Å²) < 4.78 is 5.91. The van der Waals surface area contributed by atoms with Gasteiger partial charge in [-0.25, -0.2) is 0 Å². The normalized spacial score (nSPS) is 15.0. The molecule has 0 fully saturated rings. The highest BCUT2D eigenvalue weighted by Gasteiger charge is 2.08. The highest BCUT2D eigenvalue weighted by molar-refractivity contribution is 4.59. The van der Waals surface area contributed by atoms with Crippen LogP contribution in [0.3, 0.4) is 0 Å². The van der Waals surface area contributed by atoms with E-state index in [-0.39, 0.29) is 0 Å². The molecule has 0 saturated carbocycles. The van der Waals surface area contributed by atoms with Gasteiger partial charge in [-0.3, -0.25) is 0 Å². The van der Waals surface area contributed by atoms with E-state index < -0.39 is 0 Å². The molecule has 0 amide bonds. The summed E-state index contributed by atoms with van der Waals surface area (Å²) in [6, 6.07) is 0. The first-order valence-corrected chi connectivity index (χ1v) is 7.00. The number of ether oxygens (including phenoxy) is 1. The van der Waals surface area contributed by atoms with Crippen molar-refractivity contribution >= 4 is 0 Å². The summed E-state index contributed by atoms with van der Waals surface area (Å²) >= 11 is 0. The molecule has 0 spiro atoms. The average molecular weight is 229 g/mol. The van der Waals surface area contributed by atoms with Gasteiger partial charge in [-0.15, -0.1) is 0 Å². The van der Waals surface area contributed by atoms with Crippen molar-refractivity contribution < 1.29 is 4.74 Å². The van der Waals surface area contributed by atoms with Crippen LogP contribution < -0.4 is 5.32 Å². The van der Waals surface area contributed by atoms with E-state index in [1.54, 1.807) is 0 Å². The first-order valence-electron chi connectivity index (χ1n) is 7.00. The number of rotatable bonds is 11. The van der Waals surface area contributed by atoms with Crippen molar-refractivity contribution in [1.82, 2.24) is 5.32 Å². The Hall–Kier alpha value is -0.0800. The van der Waals surface area contributed by atoms with E-state index in [0.29, 0.717) is 6.10 Å². The fourth-order valence-corrected chi connectivity index (χ4v) is 1.85. The average Bonchev–Trinajstić information content (AvgIpc) is 2.30. The molecule has 0 aliphatic heterocycles. The zero-order valence-electron chi connectivity index (χ0n) is 11.7. The zero-order chi connectivity index (χ0) is 12.2. The van der Waals surface area contributed by atoms with Crippen LogP contribution in [0, 0.1) is 5.92 Å². The molecular formula is C14H31NO. The maximum Gasteiger partial charge on any atom is 0.0547 e. The Bertz CT molecular complexity index is 139. The van der Waals surface area contributed by atoms with Gasteiger partial charge < -0.3 is 10.1 Å². The van der Waals surface area contributed by atoms with Gasteiger partial charge in [-0.1, -0.05) is 33.1 Å². The van der Waals surface area contributed by atoms with E-state index in [9.17, 15) is 0 Å². The second-order valence-corrected chi connectivity index (χ2v) is 4.81. The van der Waals surface area contributed by atoms with Crippen LogP contribution in [0.1, 0.15) is 59.3 Å². The lowest BCUT2D eigenvalue weighted by Crippen LogP contribution is -2.17. The largest absolute Gasteiger partial charge is 0.378 e. The Labute approximate surface area is 102 Å². The molecule has 0 saturated heterocycles. The molecule has 16 heavy (non-hydrogen) atoms. The minimum atomic E-state index is 0.420. The third kappa shape index (κ3) is 9.17. The van der Waals surface area contributed by atoms with Gasteiger partial charge >= 0.3 is 0 Å². The molecule has 1 N–H and O–H groups in total. The van der Waals surface area contributed by atoms with Crippen LogP contribution >= 0.6 is 0 Å². The Morgan fingerprint density at radius 2 is 1.88 bits per heavy atom. The van der Waals surface area contributed by atoms with Gasteiger partial charge in [0.1, 0.15) is 0 Å². The summed E-state index contributed by atoms with van der Waals surface area (Å²) in [5, 5.41) is 3.17. The van der Waals surface area contributed by atoms with E-state index in [4.69, 9.17) is 4.74 Å². The fraction of sp³-hybridized carbons (Fsp3) is 1.00. The third-order valence-electron chi connectivity index (χ3n) is 3.20. The Morgan fingerprint density at radius 1 is 1.12 bits per heavy atom. The highest BCUT2D eigenvalue weighted by atomic mass is 16.5. The van der Waals surface area contributed by atoms with Gasteiger partial charge in [0.05, 0.1) is 6.10 Å². The van der Waals surface area contributed by atoms with E-state index in [1.165, 1.54) is 38.5 Å². The summed E-state index contributed by atoms with van der Waals surface area (Å²) in [6.45, 7) is 8.78. The van der Waals surface area contributed by atoms with E-state index >= 15 is 0 Å². The van der Waals surface area contributed by atoms with Gasteiger partial charge in [0, 0.05) is 6.61 Å². The minimum absolute atomic E-state index is 0.420. The smallest absolute Gasteiger partial charge is 0.0547 e. The second kappa shape index (κ2) is 11.4. The van der Waals surface area contributed by atoms with Crippen molar-refractivity contribution in [3.05, 3.63) is 0 Å². The lowest BCUT2D eigenvalue weighted by atomic mass is 10.0. The van der Waals surface area contributed by atoms with Crippen molar-refractivity contribution in [2.45, 2.75) is 65.4 Å². The van der Waals surface area contributed by atoms with Gasteiger partial charge in [-0.05, 0) is 45.7 Å². The first-order chi connectivity index (χ1) is 7.74. The SMILES string of the molecule is CCCCC(CC)COC(C)CCCNC. The molecule has 0 aromatic rings. The summed E-state index contributed by atoms with van der Waals surface area (Å²) in [6.07, 6.45) is 8.03. The van der Waals surface area contributed by atoms with E-state index in [1.807, 2.05) is 7.05 Å². The molecule has 0 aromatic heterocycles. The number of unbranched alkanes of at least 4 members (excludes halogenated alkanes) is 1. The zero-order valence-corrected chi connectivity index (χ0v) is 11.7. The molecule has 2 heteroatoms. The Balaban J connectivity index is 3.50. The quantitative estimate of drug-likeness (QED) is 0.547. The lowest BCUT2D eigenvalue weighted by Gasteiger charge is -2.18. The molecule has 0 rings (SSSR count). The summed E-state index contributed by atoms with van der Waals surface area (Å²) in [7, 11) is 2.00. The molecule has 2 unspecified atom stereocenters. The third-order valence-corrected chi connectivity index (χ3v) is 3.20. The highest BCUT2D eigenvalue weighted by Crippen LogP contribution is 2.14. The van der Waals surface area contributed by atoms with Crippen LogP contribution in [0.5, 0.6) is 0 Å². The maximum absolute atomic E-state index is 5.91. The molecule has 2 atom stereocenters. The summed E-state index contributed by atoms with van der Waals surface area (Å²) in [5.74, 6) is 0.770. The second-order valence-electron chi connectivity index (χ2n) is 4.81. The topological polar surface area (TPSA) is 21.3 Å². The van der Waals surface area contributed by atoms with Gasteiger partial charge in [0.25, 0.3) is 0 Å². The number of hydrogen-bond acceptors (Lipinski definition) is 2. The minimum Gasteiger partial charge on any atom is -0.378 e. The van der Waals surface area contributed by atoms with Gasteiger partial charge in [-0.2, -0.15) is 0 Å². The van der Waals surface area contributed by atoms with Crippen molar-refractivity contribution in [2.24, 2.45) is 5.92 Å². The maximum atomic E-state index is 5.91. The molecule has 0 heterocycles. The molecule has 0 aliphatic carbocycles. The van der Waals surface area contributed by atoms with Crippen LogP contribution in [0.4, 0.5) is 0 Å². The Morgan fingerprint density at radius 3 is 2.44 bits per heavy atom. The molecular weight excluding hydrogens is 198 g/mol. The van der Waals surface area contributed by atoms with Crippen molar-refractivity contribution in [2.75, 3.05) is 20.2 Å². The summed E-state index contributed by atoms with van der Waals surface area (Å²) in [5.41, 5.74) is 0. The van der Waals surface area contributed by atoms with Crippen LogP contribution in [0.25, 0.3) is 0 Å². The predicted octanol–water partition coefficient (Wildman–Crippen LogP) is 3.61. The van der Waals surface area contributed by atoms with Gasteiger partial charge in [0.15, 0.2) is 0 Å². The van der Waals surface area contributed by atoms with E-state index in [0.717, 1.165) is 19.1 Å². The van der Waals surface area contributed by atoms with E-state index in [2.05, 4.69) is 26.1 Å². The predicted molar refractivity (Wildman–Crippen MR) is 71.9 cm³/mol.